The molecule has 35 heavy (non-hydrogen) atoms. The molecule has 0 unspecified atom stereocenters. The minimum Gasteiger partial charge on any atom is -0.444 e. The van der Waals surface area contributed by atoms with E-state index in [0.717, 1.165) is 0 Å². The van der Waals surface area contributed by atoms with Gasteiger partial charge < -0.3 is 9.64 Å². The Hall–Kier alpha value is -3.99. The van der Waals surface area contributed by atoms with Crippen LogP contribution in [0.3, 0.4) is 0 Å². The summed E-state index contributed by atoms with van der Waals surface area (Å²) in [6.45, 7) is 5.45. The summed E-state index contributed by atoms with van der Waals surface area (Å²) in [7, 11) is 1.48. The fraction of sp³-hybridized carbons (Fsp3) is 0.375. The van der Waals surface area contributed by atoms with Crippen LogP contribution in [-0.2, 0) is 20.0 Å². The lowest BCUT2D eigenvalue weighted by Crippen LogP contribution is -2.60. The zero-order valence-corrected chi connectivity index (χ0v) is 19.8. The summed E-state index contributed by atoms with van der Waals surface area (Å²) >= 11 is 0. The van der Waals surface area contributed by atoms with Gasteiger partial charge in [0.05, 0.1) is 10.6 Å². The molecule has 1 spiro atoms. The lowest BCUT2D eigenvalue weighted by Gasteiger charge is -2.38. The molecule has 2 saturated heterocycles. The molecule has 0 N–H and O–H groups in total. The maximum absolute atomic E-state index is 14.1. The Morgan fingerprint density at radius 1 is 1.14 bits per heavy atom. The number of nitro groups is 1. The Labute approximate surface area is 201 Å². The van der Waals surface area contributed by atoms with Gasteiger partial charge in [0.15, 0.2) is 0 Å². The van der Waals surface area contributed by atoms with Crippen molar-refractivity contribution in [1.29, 1.82) is 0 Å². The maximum atomic E-state index is 14.1. The van der Waals surface area contributed by atoms with Crippen molar-refractivity contribution in [3.63, 3.8) is 0 Å². The number of non-ortho nitro benzene ring substituents is 1. The smallest absolute Gasteiger partial charge is 0.414 e. The van der Waals surface area contributed by atoms with Crippen LogP contribution in [-0.4, -0.2) is 56.9 Å². The summed E-state index contributed by atoms with van der Waals surface area (Å²) in [6.07, 6.45) is -1.43. The number of hydrazine groups is 1. The average molecular weight is 479 g/mol. The molecule has 3 heterocycles. The highest BCUT2D eigenvalue weighted by Gasteiger charge is 2.71. The first-order valence-corrected chi connectivity index (χ1v) is 11.2. The van der Waals surface area contributed by atoms with E-state index in [4.69, 9.17) is 4.74 Å². The SMILES string of the molecule is CN1C(=O)[C@@]2(c3ccc([N+](=O)[O-])cc31)N(C(=O)OC(C)(C)C)[C@H](c1ccccc1)N1CCC(=O)N12. The minimum absolute atomic E-state index is 0.159. The number of nitrogens with zero attached hydrogens (tertiary/aromatic N) is 5. The zero-order valence-electron chi connectivity index (χ0n) is 19.8. The predicted molar refractivity (Wildman–Crippen MR) is 124 cm³/mol. The second-order valence-corrected chi connectivity index (χ2v) is 9.75. The second kappa shape index (κ2) is 7.51. The first-order chi connectivity index (χ1) is 16.5. The summed E-state index contributed by atoms with van der Waals surface area (Å²) in [5.74, 6) is -0.900. The van der Waals surface area contributed by atoms with Gasteiger partial charge in [-0.15, -0.1) is 0 Å². The van der Waals surface area contributed by atoms with Crippen molar-refractivity contribution < 1.29 is 24.0 Å². The zero-order chi connectivity index (χ0) is 25.3. The topological polar surface area (TPSA) is 117 Å². The van der Waals surface area contributed by atoms with Crippen LogP contribution in [0.2, 0.25) is 0 Å². The second-order valence-electron chi connectivity index (χ2n) is 9.75. The highest BCUT2D eigenvalue weighted by atomic mass is 16.6. The number of hydrogen-bond acceptors (Lipinski definition) is 7. The van der Waals surface area contributed by atoms with Crippen molar-refractivity contribution in [2.75, 3.05) is 18.5 Å². The van der Waals surface area contributed by atoms with Crippen molar-refractivity contribution in [2.45, 2.75) is 44.6 Å². The summed E-state index contributed by atoms with van der Waals surface area (Å²) in [5.41, 5.74) is -1.70. The molecule has 2 atom stereocenters. The molecular formula is C24H25N5O6. The monoisotopic (exact) mass is 479 g/mol. The number of anilines is 1. The number of carbonyl (C=O) groups excluding carboxylic acids is 3. The molecule has 0 radical (unpaired) electrons. The van der Waals surface area contributed by atoms with Crippen LogP contribution in [0.5, 0.6) is 0 Å². The molecule has 11 heteroatoms. The molecule has 3 amide bonds. The molecule has 11 nitrogen and oxygen atoms in total. The highest BCUT2D eigenvalue weighted by Crippen LogP contribution is 2.57. The number of fused-ring (bicyclic) bond motifs is 4. The van der Waals surface area contributed by atoms with Crippen molar-refractivity contribution in [1.82, 2.24) is 14.9 Å². The van der Waals surface area contributed by atoms with Gasteiger partial charge in [0.1, 0.15) is 11.8 Å². The number of carbonyl (C=O) groups is 3. The molecule has 0 saturated carbocycles. The molecule has 0 aromatic heterocycles. The van der Waals surface area contributed by atoms with Gasteiger partial charge in [0, 0.05) is 37.7 Å². The Kier molecular flexibility index (Phi) is 4.89. The van der Waals surface area contributed by atoms with E-state index in [-0.39, 0.29) is 23.7 Å². The number of rotatable bonds is 2. The molecule has 182 valence electrons. The van der Waals surface area contributed by atoms with Gasteiger partial charge >= 0.3 is 6.09 Å². The molecule has 2 fully saturated rings. The van der Waals surface area contributed by atoms with Gasteiger partial charge in [-0.1, -0.05) is 30.3 Å². The molecule has 3 aliphatic heterocycles. The van der Waals surface area contributed by atoms with Crippen LogP contribution in [0, 0.1) is 10.1 Å². The Bertz CT molecular complexity index is 1260. The normalized spacial score (nSPS) is 23.8. The molecule has 2 aromatic carbocycles. The summed E-state index contributed by atoms with van der Waals surface area (Å²) in [5, 5.41) is 14.5. The van der Waals surface area contributed by atoms with Gasteiger partial charge in [0.2, 0.25) is 11.6 Å². The number of benzene rings is 2. The third-order valence-electron chi connectivity index (χ3n) is 6.45. The van der Waals surface area contributed by atoms with Crippen molar-refractivity contribution in [2.24, 2.45) is 0 Å². The maximum Gasteiger partial charge on any atom is 0.414 e. The lowest BCUT2D eigenvalue weighted by molar-refractivity contribution is -0.384. The van der Waals surface area contributed by atoms with Gasteiger partial charge in [-0.05, 0) is 32.4 Å². The molecular weight excluding hydrogens is 454 g/mol. The predicted octanol–water partition coefficient (Wildman–Crippen LogP) is 3.12. The number of nitro benzene ring substituents is 1. The first-order valence-electron chi connectivity index (χ1n) is 11.2. The standard InChI is InChI=1S/C24H25N5O6/c1-23(2,3)35-22(32)27-20(15-8-6-5-7-9-15)26-13-12-19(30)28(26)24(27)17-11-10-16(29(33)34)14-18(17)25(4)21(24)31/h5-11,14,20H,12-13H2,1-4H3/t20-,24+/m1/s1. The van der Waals surface area contributed by atoms with E-state index < -0.39 is 34.4 Å². The molecule has 0 bridgehead atoms. The van der Waals surface area contributed by atoms with Gasteiger partial charge in [-0.3, -0.25) is 19.7 Å². The first kappa shape index (κ1) is 22.8. The molecule has 0 aliphatic carbocycles. The number of likely N-dealkylation sites (N-methyl/N-ethyl adjacent to an activating group) is 1. The number of ether oxygens (including phenoxy) is 1. The van der Waals surface area contributed by atoms with Crippen LogP contribution < -0.4 is 4.90 Å². The van der Waals surface area contributed by atoms with Crippen molar-refractivity contribution in [3.05, 3.63) is 69.8 Å². The van der Waals surface area contributed by atoms with E-state index in [1.54, 1.807) is 25.8 Å². The molecule has 3 aliphatic rings. The largest absolute Gasteiger partial charge is 0.444 e. The number of hydrogen-bond donors (Lipinski definition) is 0. The Morgan fingerprint density at radius 3 is 2.46 bits per heavy atom. The molecule has 2 aromatic rings. The number of amides is 3. The minimum atomic E-state index is -1.88. The van der Waals surface area contributed by atoms with Crippen LogP contribution in [0.1, 0.15) is 44.5 Å². The summed E-state index contributed by atoms with van der Waals surface area (Å²) in [6, 6.07) is 13.1. The Balaban J connectivity index is 1.81. The average Bonchev–Trinajstić information content (AvgIpc) is 3.39. The van der Waals surface area contributed by atoms with Gasteiger partial charge in [0.25, 0.3) is 11.6 Å². The van der Waals surface area contributed by atoms with E-state index in [2.05, 4.69) is 0 Å². The van der Waals surface area contributed by atoms with Crippen molar-refractivity contribution in [3.8, 4) is 0 Å². The van der Waals surface area contributed by atoms with Crippen LogP contribution in [0.15, 0.2) is 48.5 Å². The fourth-order valence-corrected chi connectivity index (χ4v) is 5.16. The summed E-state index contributed by atoms with van der Waals surface area (Å²) in [4.78, 5) is 54.7. The van der Waals surface area contributed by atoms with Gasteiger partial charge in [-0.2, -0.15) is 5.01 Å². The van der Waals surface area contributed by atoms with Crippen LogP contribution >= 0.6 is 0 Å². The van der Waals surface area contributed by atoms with Crippen molar-refractivity contribution >= 4 is 29.3 Å². The third kappa shape index (κ3) is 3.11. The van der Waals surface area contributed by atoms with Gasteiger partial charge in [-0.25, -0.2) is 14.7 Å². The fourth-order valence-electron chi connectivity index (χ4n) is 5.16. The quantitative estimate of drug-likeness (QED) is 0.480. The van der Waals surface area contributed by atoms with Crippen LogP contribution in [0.25, 0.3) is 0 Å². The van der Waals surface area contributed by atoms with E-state index in [0.29, 0.717) is 17.7 Å². The highest BCUT2D eigenvalue weighted by molar-refractivity contribution is 6.11. The molecule has 5 rings (SSSR count). The lowest BCUT2D eigenvalue weighted by atomic mass is 9.97. The summed E-state index contributed by atoms with van der Waals surface area (Å²) < 4.78 is 5.76. The van der Waals surface area contributed by atoms with E-state index in [9.17, 15) is 24.5 Å². The van der Waals surface area contributed by atoms with E-state index in [1.807, 2.05) is 30.3 Å². The third-order valence-corrected chi connectivity index (χ3v) is 6.45. The van der Waals surface area contributed by atoms with E-state index >= 15 is 0 Å². The van der Waals surface area contributed by atoms with E-state index in [1.165, 1.54) is 40.1 Å². The Morgan fingerprint density at radius 2 is 1.83 bits per heavy atom. The van der Waals surface area contributed by atoms with Crippen LogP contribution in [0.4, 0.5) is 16.2 Å².